The average Bonchev–Trinajstić information content (AvgIpc) is 2.87. The number of hydrogen-bond donors (Lipinski definition) is 1. The van der Waals surface area contributed by atoms with Gasteiger partial charge >= 0.3 is 0 Å². The number of hydrogen-bond acceptors (Lipinski definition) is 5. The van der Waals surface area contributed by atoms with E-state index in [1.165, 1.54) is 0 Å². The molecule has 0 bridgehead atoms. The van der Waals surface area contributed by atoms with Crippen LogP contribution >= 0.6 is 11.6 Å². The molecule has 0 unspecified atom stereocenters. The van der Waals surface area contributed by atoms with Gasteiger partial charge in [-0.2, -0.15) is 0 Å². The highest BCUT2D eigenvalue weighted by molar-refractivity contribution is 6.31. The first-order chi connectivity index (χ1) is 17.1. The van der Waals surface area contributed by atoms with E-state index in [0.29, 0.717) is 37.0 Å². The zero-order valence-electron chi connectivity index (χ0n) is 21.2. The van der Waals surface area contributed by atoms with Crippen LogP contribution in [0, 0.1) is 0 Å². The van der Waals surface area contributed by atoms with Crippen molar-refractivity contribution in [3.63, 3.8) is 0 Å². The number of halogens is 1. The fourth-order valence-corrected chi connectivity index (χ4v) is 4.30. The normalized spacial score (nSPS) is 19.8. The number of rotatable bonds is 14. The molecule has 0 fully saturated rings. The Balaban J connectivity index is 1.86. The van der Waals surface area contributed by atoms with Crippen LogP contribution in [0.3, 0.4) is 0 Å². The predicted octanol–water partition coefficient (Wildman–Crippen LogP) is 6.65. The van der Waals surface area contributed by atoms with E-state index in [0.717, 1.165) is 48.1 Å². The maximum absolute atomic E-state index is 9.88. The van der Waals surface area contributed by atoms with E-state index < -0.39 is 6.10 Å². The third-order valence-corrected chi connectivity index (χ3v) is 6.42. The first-order valence-electron chi connectivity index (χ1n) is 12.8. The Labute approximate surface area is 215 Å². The lowest BCUT2D eigenvalue weighted by Crippen LogP contribution is -2.41. The molecule has 3 atom stereocenters. The molecule has 0 amide bonds. The van der Waals surface area contributed by atoms with E-state index in [1.54, 1.807) is 0 Å². The second-order valence-electron chi connectivity index (χ2n) is 8.81. The molecule has 1 aliphatic heterocycles. The summed E-state index contributed by atoms with van der Waals surface area (Å²) in [5, 5.41) is 10.6. The summed E-state index contributed by atoms with van der Waals surface area (Å²) in [5.74, 6) is 1.37. The number of ether oxygens (including phenoxy) is 4. The van der Waals surface area contributed by atoms with Crippen molar-refractivity contribution in [3.05, 3.63) is 76.0 Å². The maximum atomic E-state index is 9.88. The van der Waals surface area contributed by atoms with Crippen LogP contribution in [0.25, 0.3) is 0 Å². The van der Waals surface area contributed by atoms with E-state index >= 15 is 0 Å². The molecule has 5 nitrogen and oxygen atoms in total. The third-order valence-electron chi connectivity index (χ3n) is 6.05. The Bertz CT molecular complexity index is 927. The maximum Gasteiger partial charge on any atom is 0.152 e. The fourth-order valence-electron chi connectivity index (χ4n) is 4.12. The average molecular weight is 503 g/mol. The molecule has 3 rings (SSSR count). The molecule has 192 valence electrons. The zero-order valence-corrected chi connectivity index (χ0v) is 21.9. The molecule has 1 N–H and O–H groups in total. The smallest absolute Gasteiger partial charge is 0.152 e. The highest BCUT2D eigenvalue weighted by Crippen LogP contribution is 2.36. The largest absolute Gasteiger partial charge is 0.494 e. The van der Waals surface area contributed by atoms with Crippen LogP contribution < -0.4 is 4.74 Å². The Morgan fingerprint density at radius 1 is 0.943 bits per heavy atom. The highest BCUT2D eigenvalue weighted by atomic mass is 35.5. The number of unbranched alkanes of at least 4 members (excludes halogenated alkanes) is 2. The van der Waals surface area contributed by atoms with Crippen molar-refractivity contribution in [1.82, 2.24) is 0 Å². The van der Waals surface area contributed by atoms with E-state index in [9.17, 15) is 5.11 Å². The summed E-state index contributed by atoms with van der Waals surface area (Å²) in [4.78, 5) is 0. The van der Waals surface area contributed by atoms with Gasteiger partial charge in [-0.1, -0.05) is 62.6 Å². The Hall–Kier alpha value is -2.05. The molecule has 0 saturated heterocycles. The van der Waals surface area contributed by atoms with Gasteiger partial charge in [-0.15, -0.1) is 0 Å². The summed E-state index contributed by atoms with van der Waals surface area (Å²) in [6, 6.07) is 14.1. The van der Waals surface area contributed by atoms with Crippen LogP contribution in [0.4, 0.5) is 0 Å². The molecule has 2 aromatic rings. The summed E-state index contributed by atoms with van der Waals surface area (Å²) < 4.78 is 24.3. The van der Waals surface area contributed by atoms with Crippen LogP contribution in [0.1, 0.15) is 69.2 Å². The second kappa shape index (κ2) is 14.5. The first-order valence-corrected chi connectivity index (χ1v) is 13.2. The van der Waals surface area contributed by atoms with Crippen molar-refractivity contribution in [3.8, 4) is 5.75 Å². The summed E-state index contributed by atoms with van der Waals surface area (Å²) in [7, 11) is 0. The lowest BCUT2D eigenvalue weighted by atomic mass is 9.94. The van der Waals surface area contributed by atoms with Gasteiger partial charge in [0.05, 0.1) is 6.61 Å². The van der Waals surface area contributed by atoms with Crippen molar-refractivity contribution in [1.29, 1.82) is 0 Å². The van der Waals surface area contributed by atoms with Crippen LogP contribution in [0.15, 0.2) is 54.3 Å². The van der Waals surface area contributed by atoms with Gasteiger partial charge < -0.3 is 24.1 Å². The Morgan fingerprint density at radius 3 is 2.31 bits per heavy atom. The minimum absolute atomic E-state index is 0.182. The minimum Gasteiger partial charge on any atom is -0.494 e. The molecule has 2 aromatic carbocycles. The molecule has 0 spiro atoms. The predicted molar refractivity (Wildman–Crippen MR) is 140 cm³/mol. The second-order valence-corrected chi connectivity index (χ2v) is 9.22. The lowest BCUT2D eigenvalue weighted by Gasteiger charge is -2.37. The van der Waals surface area contributed by atoms with Gasteiger partial charge in [-0.05, 0) is 67.2 Å². The molecule has 6 heteroatoms. The summed E-state index contributed by atoms with van der Waals surface area (Å²) in [6.45, 7) is 7.98. The monoisotopic (exact) mass is 502 g/mol. The summed E-state index contributed by atoms with van der Waals surface area (Å²) >= 11 is 6.60. The van der Waals surface area contributed by atoms with Gasteiger partial charge in [-0.3, -0.25) is 0 Å². The van der Waals surface area contributed by atoms with Crippen LogP contribution in [0.2, 0.25) is 5.02 Å². The molecule has 1 aliphatic rings. The van der Waals surface area contributed by atoms with Crippen molar-refractivity contribution in [2.75, 3.05) is 26.4 Å². The van der Waals surface area contributed by atoms with Gasteiger partial charge in [0.1, 0.15) is 30.3 Å². The molecule has 0 saturated carbocycles. The van der Waals surface area contributed by atoms with E-state index in [1.807, 2.05) is 37.3 Å². The standard InChI is InChI=1S/C29H39ClO5/c1-4-7-15-33-27-19-25(20-31)35-28(29(27)34-16-8-5-2)22-11-14-26(30)23(18-22)17-21-9-12-24(13-10-21)32-6-3/h9-14,18-19,27-29,31H,4-8,15-17,20H2,1-3H3/t27-,28-,29+/m0/s1. The minimum atomic E-state index is -0.401. The van der Waals surface area contributed by atoms with Crippen LogP contribution in [-0.2, 0) is 20.6 Å². The van der Waals surface area contributed by atoms with Gasteiger partial charge in [0.25, 0.3) is 0 Å². The van der Waals surface area contributed by atoms with Gasteiger partial charge in [0.15, 0.2) is 6.10 Å². The molecule has 0 radical (unpaired) electrons. The van der Waals surface area contributed by atoms with E-state index in [4.69, 9.17) is 30.5 Å². The highest BCUT2D eigenvalue weighted by Gasteiger charge is 2.37. The van der Waals surface area contributed by atoms with Crippen LogP contribution in [-0.4, -0.2) is 43.7 Å². The van der Waals surface area contributed by atoms with Crippen molar-refractivity contribution < 1.29 is 24.1 Å². The molecule has 0 aliphatic carbocycles. The van der Waals surface area contributed by atoms with Crippen molar-refractivity contribution in [2.24, 2.45) is 0 Å². The van der Waals surface area contributed by atoms with E-state index in [2.05, 4.69) is 32.0 Å². The molecule has 0 aromatic heterocycles. The third kappa shape index (κ3) is 7.97. The first kappa shape index (κ1) is 27.5. The molecular weight excluding hydrogens is 464 g/mol. The fraction of sp³-hybridized carbons (Fsp3) is 0.517. The summed E-state index contributed by atoms with van der Waals surface area (Å²) in [6.07, 6.45) is 5.58. The number of aliphatic hydroxyl groups excluding tert-OH is 1. The van der Waals surface area contributed by atoms with Gasteiger partial charge in [0, 0.05) is 18.2 Å². The zero-order chi connectivity index (χ0) is 25.0. The topological polar surface area (TPSA) is 57.2 Å². The lowest BCUT2D eigenvalue weighted by molar-refractivity contribution is -0.133. The van der Waals surface area contributed by atoms with Gasteiger partial charge in [-0.25, -0.2) is 0 Å². The number of aliphatic hydroxyl groups is 1. The Morgan fingerprint density at radius 2 is 1.66 bits per heavy atom. The molecule has 1 heterocycles. The van der Waals surface area contributed by atoms with Crippen molar-refractivity contribution >= 4 is 11.6 Å². The molecule has 35 heavy (non-hydrogen) atoms. The van der Waals surface area contributed by atoms with Crippen molar-refractivity contribution in [2.45, 2.75) is 71.2 Å². The Kier molecular flexibility index (Phi) is 11.4. The van der Waals surface area contributed by atoms with Gasteiger partial charge in [0.2, 0.25) is 0 Å². The summed E-state index contributed by atoms with van der Waals surface area (Å²) in [5.41, 5.74) is 3.11. The number of benzene rings is 2. The molecular formula is C29H39ClO5. The van der Waals surface area contributed by atoms with E-state index in [-0.39, 0.29) is 18.8 Å². The van der Waals surface area contributed by atoms with Crippen LogP contribution in [0.5, 0.6) is 5.75 Å². The SMILES string of the molecule is CCCCO[C@@H]1[C@@H](OCCCC)C=C(CO)O[C@H]1c1ccc(Cl)c(Cc2ccc(OCC)cc2)c1. The quantitative estimate of drug-likeness (QED) is 0.293.